The van der Waals surface area contributed by atoms with E-state index in [2.05, 4.69) is 13.8 Å². The average Bonchev–Trinajstić information content (AvgIpc) is 3.03. The summed E-state index contributed by atoms with van der Waals surface area (Å²) in [5.74, 6) is -0.697. The van der Waals surface area contributed by atoms with E-state index in [9.17, 15) is 14.4 Å². The lowest BCUT2D eigenvalue weighted by atomic mass is 9.64. The number of rotatable bonds is 3. The fourth-order valence-corrected chi connectivity index (χ4v) is 6.11. The summed E-state index contributed by atoms with van der Waals surface area (Å²) in [7, 11) is 0. The van der Waals surface area contributed by atoms with E-state index >= 15 is 0 Å². The van der Waals surface area contributed by atoms with Crippen molar-refractivity contribution in [2.75, 3.05) is 0 Å². The summed E-state index contributed by atoms with van der Waals surface area (Å²) >= 11 is 0. The number of ketones is 1. The maximum Gasteiger partial charge on any atom is 0.333 e. The van der Waals surface area contributed by atoms with Crippen LogP contribution in [0.4, 0.5) is 0 Å². The second-order valence-corrected chi connectivity index (χ2v) is 9.07. The molecular formula is C22H30O5. The van der Waals surface area contributed by atoms with Crippen molar-refractivity contribution in [2.45, 2.75) is 67.1 Å². The minimum atomic E-state index is -0.872. The number of carbonyl (C=O) groups excluding carboxylic acids is 3. The molecule has 0 amide bonds. The van der Waals surface area contributed by atoms with E-state index in [4.69, 9.17) is 9.47 Å². The normalized spacial score (nSPS) is 45.6. The Balaban J connectivity index is 2.14. The van der Waals surface area contributed by atoms with Gasteiger partial charge in [0.25, 0.3) is 0 Å². The number of ether oxygens (including phenoxy) is 2. The standard InChI is InChI=1S/C22H30O5/c1-8-12(2)18(25)27-19-21(6)13(3)11-15(26-14(4)23)17(21)20(5)10-9-16(24)22(19,20)7/h8-10,13,15,17,19H,11H2,1-7H3/b12-8-/t13-,15-,17-,19+,20+,21-,22-/m0/s1. The molecule has 3 aliphatic carbocycles. The molecule has 0 aliphatic heterocycles. The van der Waals surface area contributed by atoms with Crippen LogP contribution in [0.15, 0.2) is 23.8 Å². The van der Waals surface area contributed by atoms with Gasteiger partial charge >= 0.3 is 11.9 Å². The first-order valence-corrected chi connectivity index (χ1v) is 9.69. The Labute approximate surface area is 161 Å². The summed E-state index contributed by atoms with van der Waals surface area (Å²) in [4.78, 5) is 37.4. The Morgan fingerprint density at radius 2 is 1.81 bits per heavy atom. The van der Waals surface area contributed by atoms with Crippen molar-refractivity contribution in [3.05, 3.63) is 23.8 Å². The van der Waals surface area contributed by atoms with Crippen molar-refractivity contribution < 1.29 is 23.9 Å². The summed E-state index contributed by atoms with van der Waals surface area (Å²) in [6, 6.07) is 0. The predicted octanol–water partition coefficient (Wildman–Crippen LogP) is 3.62. The molecule has 2 fully saturated rings. The van der Waals surface area contributed by atoms with Crippen LogP contribution in [0.1, 0.15) is 54.9 Å². The molecule has 0 aromatic carbocycles. The largest absolute Gasteiger partial charge is 0.462 e. The van der Waals surface area contributed by atoms with Gasteiger partial charge in [0.1, 0.15) is 12.2 Å². The van der Waals surface area contributed by atoms with Gasteiger partial charge in [0.2, 0.25) is 0 Å². The van der Waals surface area contributed by atoms with E-state index in [1.165, 1.54) is 6.92 Å². The lowest BCUT2D eigenvalue weighted by molar-refractivity contribution is -0.163. The highest BCUT2D eigenvalue weighted by Gasteiger charge is 2.79. The first-order chi connectivity index (χ1) is 12.4. The fraction of sp³-hybridized carbons (Fsp3) is 0.682. The lowest BCUT2D eigenvalue weighted by Crippen LogP contribution is -2.49. The number of allylic oxidation sites excluding steroid dienone is 3. The SMILES string of the molecule is C/C=C(/C)C(=O)O[C@@H]1[C@]2(C)[C@@H]([C@@H](OC(C)=O)C[C@@H]2C)[C@@]2(C)C=CC(=O)[C@@]12C. The van der Waals surface area contributed by atoms with Crippen LogP contribution in [-0.4, -0.2) is 29.9 Å². The third-order valence-corrected chi connectivity index (χ3v) is 7.93. The van der Waals surface area contributed by atoms with Crippen molar-refractivity contribution in [3.8, 4) is 0 Å². The van der Waals surface area contributed by atoms with Crippen molar-refractivity contribution in [2.24, 2.45) is 28.1 Å². The Morgan fingerprint density at radius 1 is 1.19 bits per heavy atom. The first kappa shape index (κ1) is 19.8. The van der Waals surface area contributed by atoms with Crippen molar-refractivity contribution in [3.63, 3.8) is 0 Å². The quantitative estimate of drug-likeness (QED) is 0.557. The van der Waals surface area contributed by atoms with Gasteiger partial charge in [-0.15, -0.1) is 0 Å². The summed E-state index contributed by atoms with van der Waals surface area (Å²) in [5, 5.41) is 0. The lowest BCUT2D eigenvalue weighted by Gasteiger charge is -2.40. The van der Waals surface area contributed by atoms with Gasteiger partial charge in [-0.1, -0.05) is 32.9 Å². The molecule has 0 heterocycles. The van der Waals surface area contributed by atoms with Crippen molar-refractivity contribution in [1.82, 2.24) is 0 Å². The van der Waals surface area contributed by atoms with Crippen LogP contribution < -0.4 is 0 Å². The molecule has 0 N–H and O–H groups in total. The number of hydrogen-bond acceptors (Lipinski definition) is 5. The molecule has 0 saturated heterocycles. The van der Waals surface area contributed by atoms with Crippen LogP contribution in [0, 0.1) is 28.1 Å². The van der Waals surface area contributed by atoms with Gasteiger partial charge in [-0.25, -0.2) is 4.79 Å². The maximum atomic E-state index is 13.0. The van der Waals surface area contributed by atoms with Crippen LogP contribution in [0.25, 0.3) is 0 Å². The van der Waals surface area contributed by atoms with Crippen LogP contribution in [0.3, 0.4) is 0 Å². The zero-order valence-electron chi connectivity index (χ0n) is 17.3. The highest BCUT2D eigenvalue weighted by Crippen LogP contribution is 2.74. The molecular weight excluding hydrogens is 344 g/mol. The van der Waals surface area contributed by atoms with Crippen LogP contribution >= 0.6 is 0 Å². The molecule has 2 saturated carbocycles. The molecule has 3 rings (SSSR count). The van der Waals surface area contributed by atoms with E-state index in [-0.39, 0.29) is 29.7 Å². The molecule has 0 radical (unpaired) electrons. The molecule has 0 spiro atoms. The summed E-state index contributed by atoms with van der Waals surface area (Å²) in [6.45, 7) is 13.1. The maximum absolute atomic E-state index is 13.0. The number of esters is 2. The van der Waals surface area contributed by atoms with E-state index in [1.54, 1.807) is 26.0 Å². The summed E-state index contributed by atoms with van der Waals surface area (Å²) in [6.07, 6.45) is 5.09. The zero-order valence-corrected chi connectivity index (χ0v) is 17.3. The minimum absolute atomic E-state index is 0.0228. The van der Waals surface area contributed by atoms with Gasteiger partial charge in [-0.3, -0.25) is 9.59 Å². The third kappa shape index (κ3) is 2.33. The molecule has 7 atom stereocenters. The van der Waals surface area contributed by atoms with Gasteiger partial charge in [-0.05, 0) is 39.2 Å². The Hall–Kier alpha value is -1.91. The molecule has 27 heavy (non-hydrogen) atoms. The van der Waals surface area contributed by atoms with Gasteiger partial charge in [0.05, 0.1) is 5.41 Å². The molecule has 5 nitrogen and oxygen atoms in total. The molecule has 3 aliphatic rings. The average molecular weight is 374 g/mol. The second kappa shape index (κ2) is 6.05. The van der Waals surface area contributed by atoms with E-state index in [1.807, 2.05) is 19.9 Å². The summed E-state index contributed by atoms with van der Waals surface area (Å²) < 4.78 is 11.7. The van der Waals surface area contributed by atoms with Gasteiger partial charge < -0.3 is 9.47 Å². The van der Waals surface area contributed by atoms with Gasteiger partial charge in [-0.2, -0.15) is 0 Å². The fourth-order valence-electron chi connectivity index (χ4n) is 6.11. The van der Waals surface area contributed by atoms with Crippen LogP contribution in [0.5, 0.6) is 0 Å². The molecule has 5 heteroatoms. The van der Waals surface area contributed by atoms with Gasteiger partial charge in [0, 0.05) is 29.2 Å². The number of hydrogen-bond donors (Lipinski definition) is 0. The van der Waals surface area contributed by atoms with E-state index in [0.717, 1.165) is 0 Å². The second-order valence-electron chi connectivity index (χ2n) is 9.07. The highest BCUT2D eigenvalue weighted by molar-refractivity contribution is 6.00. The van der Waals surface area contributed by atoms with Crippen molar-refractivity contribution in [1.29, 1.82) is 0 Å². The summed E-state index contributed by atoms with van der Waals surface area (Å²) in [5.41, 5.74) is -1.36. The smallest absolute Gasteiger partial charge is 0.333 e. The molecule has 0 aromatic heterocycles. The van der Waals surface area contributed by atoms with E-state index < -0.39 is 28.3 Å². The topological polar surface area (TPSA) is 69.7 Å². The number of carbonyl (C=O) groups is 3. The van der Waals surface area contributed by atoms with Gasteiger partial charge in [0.15, 0.2) is 5.78 Å². The molecule has 0 aromatic rings. The zero-order chi connectivity index (χ0) is 20.4. The van der Waals surface area contributed by atoms with Crippen LogP contribution in [-0.2, 0) is 23.9 Å². The highest BCUT2D eigenvalue weighted by atomic mass is 16.6. The predicted molar refractivity (Wildman–Crippen MR) is 101 cm³/mol. The minimum Gasteiger partial charge on any atom is -0.462 e. The third-order valence-electron chi connectivity index (χ3n) is 7.93. The molecule has 0 bridgehead atoms. The molecule has 0 unspecified atom stereocenters. The number of fused-ring (bicyclic) bond motifs is 3. The Morgan fingerprint density at radius 3 is 2.37 bits per heavy atom. The van der Waals surface area contributed by atoms with Crippen molar-refractivity contribution >= 4 is 17.7 Å². The monoisotopic (exact) mass is 374 g/mol. The Kier molecular flexibility index (Phi) is 4.44. The van der Waals surface area contributed by atoms with E-state index in [0.29, 0.717) is 12.0 Å². The first-order valence-electron chi connectivity index (χ1n) is 9.69. The Bertz CT molecular complexity index is 765. The van der Waals surface area contributed by atoms with Crippen LogP contribution in [0.2, 0.25) is 0 Å². The molecule has 148 valence electrons.